The first-order valence-electron chi connectivity index (χ1n) is 5.39. The van der Waals surface area contributed by atoms with E-state index in [9.17, 15) is 0 Å². The number of hydrogen-bond acceptors (Lipinski definition) is 6. The molecular weight excluding hydrogens is 256 g/mol. The van der Waals surface area contributed by atoms with Gasteiger partial charge in [-0.25, -0.2) is 10.4 Å². The second kappa shape index (κ2) is 5.59. The SMILES string of the molecule is C(=N\NC1=NCCN1)/c1ccc2c(c1)OCO2.Cl. The Hall–Kier alpha value is -1.95. The van der Waals surface area contributed by atoms with Gasteiger partial charge in [-0.1, -0.05) is 0 Å². The summed E-state index contributed by atoms with van der Waals surface area (Å²) in [5.74, 6) is 2.24. The Labute approximate surface area is 110 Å². The molecule has 2 N–H and O–H groups in total. The Morgan fingerprint density at radius 2 is 2.22 bits per heavy atom. The zero-order chi connectivity index (χ0) is 11.5. The molecule has 7 heteroatoms. The molecule has 0 bridgehead atoms. The lowest BCUT2D eigenvalue weighted by atomic mass is 10.2. The molecule has 2 aliphatic heterocycles. The van der Waals surface area contributed by atoms with E-state index in [-0.39, 0.29) is 19.2 Å². The maximum absolute atomic E-state index is 5.28. The summed E-state index contributed by atoms with van der Waals surface area (Å²) in [6.45, 7) is 1.94. The fourth-order valence-corrected chi connectivity index (χ4v) is 1.63. The second-order valence-electron chi connectivity index (χ2n) is 3.64. The molecule has 1 aromatic rings. The van der Waals surface area contributed by atoms with E-state index in [4.69, 9.17) is 9.47 Å². The Morgan fingerprint density at radius 3 is 3.06 bits per heavy atom. The van der Waals surface area contributed by atoms with Crippen molar-refractivity contribution in [2.75, 3.05) is 19.9 Å². The third-order valence-corrected chi connectivity index (χ3v) is 2.45. The highest BCUT2D eigenvalue weighted by Crippen LogP contribution is 2.31. The molecule has 0 atom stereocenters. The average Bonchev–Trinajstić information content (AvgIpc) is 2.98. The molecule has 0 radical (unpaired) electrons. The molecule has 0 saturated heterocycles. The van der Waals surface area contributed by atoms with Gasteiger partial charge in [0.25, 0.3) is 0 Å². The number of benzene rings is 1. The molecule has 2 heterocycles. The smallest absolute Gasteiger partial charge is 0.231 e. The van der Waals surface area contributed by atoms with Gasteiger partial charge in [0, 0.05) is 6.54 Å². The number of hydrogen-bond donors (Lipinski definition) is 2. The third-order valence-electron chi connectivity index (χ3n) is 2.45. The average molecular weight is 269 g/mol. The van der Waals surface area contributed by atoms with Crippen LogP contribution in [-0.2, 0) is 0 Å². The summed E-state index contributed by atoms with van der Waals surface area (Å²) in [6, 6.07) is 5.68. The van der Waals surface area contributed by atoms with Crippen molar-refractivity contribution in [2.45, 2.75) is 0 Å². The maximum Gasteiger partial charge on any atom is 0.231 e. The number of rotatable bonds is 2. The van der Waals surface area contributed by atoms with Gasteiger partial charge in [0.15, 0.2) is 11.5 Å². The van der Waals surface area contributed by atoms with Crippen molar-refractivity contribution >= 4 is 24.6 Å². The van der Waals surface area contributed by atoms with E-state index in [0.29, 0.717) is 5.96 Å². The summed E-state index contributed by atoms with van der Waals surface area (Å²) in [5.41, 5.74) is 3.78. The molecule has 0 aliphatic carbocycles. The second-order valence-corrected chi connectivity index (χ2v) is 3.64. The van der Waals surface area contributed by atoms with Crippen molar-refractivity contribution in [3.8, 4) is 11.5 Å². The Balaban J connectivity index is 0.00000120. The van der Waals surface area contributed by atoms with Gasteiger partial charge in [-0.3, -0.25) is 0 Å². The quantitative estimate of drug-likeness (QED) is 0.613. The number of halogens is 1. The van der Waals surface area contributed by atoms with Gasteiger partial charge in [0.2, 0.25) is 12.8 Å². The number of ether oxygens (including phenoxy) is 2. The first-order valence-corrected chi connectivity index (χ1v) is 5.39. The molecule has 18 heavy (non-hydrogen) atoms. The first kappa shape index (κ1) is 12.5. The van der Waals surface area contributed by atoms with E-state index in [1.807, 2.05) is 18.2 Å². The largest absolute Gasteiger partial charge is 0.454 e. The number of hydrazone groups is 1. The van der Waals surface area contributed by atoms with E-state index in [0.717, 1.165) is 30.2 Å². The number of fused-ring (bicyclic) bond motifs is 1. The molecule has 3 rings (SSSR count). The number of aliphatic imine (C=N–C) groups is 1. The van der Waals surface area contributed by atoms with Gasteiger partial charge in [0.05, 0.1) is 12.8 Å². The van der Waals surface area contributed by atoms with Crippen LogP contribution in [0.4, 0.5) is 0 Å². The van der Waals surface area contributed by atoms with E-state index in [1.165, 1.54) is 0 Å². The highest BCUT2D eigenvalue weighted by atomic mass is 35.5. The summed E-state index contributed by atoms with van der Waals surface area (Å²) >= 11 is 0. The molecule has 0 aromatic heterocycles. The van der Waals surface area contributed by atoms with Gasteiger partial charge in [0.1, 0.15) is 0 Å². The highest BCUT2D eigenvalue weighted by Gasteiger charge is 2.12. The van der Waals surface area contributed by atoms with Crippen LogP contribution in [0.1, 0.15) is 5.56 Å². The van der Waals surface area contributed by atoms with Crippen LogP contribution < -0.4 is 20.2 Å². The Morgan fingerprint density at radius 1 is 1.33 bits per heavy atom. The summed E-state index contributed by atoms with van der Waals surface area (Å²) in [5, 5.41) is 7.15. The van der Waals surface area contributed by atoms with Crippen LogP contribution in [0.2, 0.25) is 0 Å². The molecule has 2 aliphatic rings. The molecule has 0 saturated carbocycles. The summed E-state index contributed by atoms with van der Waals surface area (Å²) in [6.07, 6.45) is 1.71. The summed E-state index contributed by atoms with van der Waals surface area (Å²) < 4.78 is 10.5. The molecule has 6 nitrogen and oxygen atoms in total. The number of nitrogens with one attached hydrogen (secondary N) is 2. The lowest BCUT2D eigenvalue weighted by Crippen LogP contribution is -2.30. The van der Waals surface area contributed by atoms with Crippen LogP contribution in [0, 0.1) is 0 Å². The van der Waals surface area contributed by atoms with Crippen molar-refractivity contribution in [3.63, 3.8) is 0 Å². The van der Waals surface area contributed by atoms with Crippen LogP contribution in [0.3, 0.4) is 0 Å². The van der Waals surface area contributed by atoms with Crippen molar-refractivity contribution in [1.82, 2.24) is 10.7 Å². The maximum atomic E-state index is 5.28. The molecule has 0 unspecified atom stereocenters. The van der Waals surface area contributed by atoms with Crippen LogP contribution >= 0.6 is 12.4 Å². The minimum Gasteiger partial charge on any atom is -0.454 e. The fourth-order valence-electron chi connectivity index (χ4n) is 1.63. The van der Waals surface area contributed by atoms with Gasteiger partial charge >= 0.3 is 0 Å². The monoisotopic (exact) mass is 268 g/mol. The molecular formula is C11H13ClN4O2. The lowest BCUT2D eigenvalue weighted by Gasteiger charge is -2.00. The summed E-state index contributed by atoms with van der Waals surface area (Å²) in [7, 11) is 0. The van der Waals surface area contributed by atoms with Gasteiger partial charge in [-0.05, 0) is 23.8 Å². The minimum absolute atomic E-state index is 0. The standard InChI is InChI=1S/C11H12N4O2.ClH/c1-2-9-10(17-7-16-9)5-8(1)6-14-15-11-12-3-4-13-11;/h1-2,5-6H,3-4,7H2,(H2,12,13,15);1H/b14-6+;. The van der Waals surface area contributed by atoms with E-state index >= 15 is 0 Å². The van der Waals surface area contributed by atoms with Gasteiger partial charge in [-0.15, -0.1) is 12.4 Å². The van der Waals surface area contributed by atoms with Gasteiger partial charge < -0.3 is 14.8 Å². The number of nitrogens with zero attached hydrogens (tertiary/aromatic N) is 2. The fraction of sp³-hybridized carbons (Fsp3) is 0.273. The zero-order valence-electron chi connectivity index (χ0n) is 9.55. The van der Waals surface area contributed by atoms with Crippen LogP contribution in [0.5, 0.6) is 11.5 Å². The highest BCUT2D eigenvalue weighted by molar-refractivity contribution is 5.85. The van der Waals surface area contributed by atoms with Crippen LogP contribution in [0.15, 0.2) is 28.3 Å². The third kappa shape index (κ3) is 2.65. The van der Waals surface area contributed by atoms with E-state index in [2.05, 4.69) is 20.8 Å². The van der Waals surface area contributed by atoms with Gasteiger partial charge in [-0.2, -0.15) is 5.10 Å². The van der Waals surface area contributed by atoms with Crippen molar-refractivity contribution in [2.24, 2.45) is 10.1 Å². The topological polar surface area (TPSA) is 67.2 Å². The van der Waals surface area contributed by atoms with Crippen LogP contribution in [-0.4, -0.2) is 32.1 Å². The van der Waals surface area contributed by atoms with Crippen molar-refractivity contribution in [3.05, 3.63) is 23.8 Å². The van der Waals surface area contributed by atoms with Crippen molar-refractivity contribution in [1.29, 1.82) is 0 Å². The molecule has 0 amide bonds. The molecule has 1 aromatic carbocycles. The van der Waals surface area contributed by atoms with Crippen molar-refractivity contribution < 1.29 is 9.47 Å². The van der Waals surface area contributed by atoms with E-state index in [1.54, 1.807) is 6.21 Å². The molecule has 0 spiro atoms. The lowest BCUT2D eigenvalue weighted by molar-refractivity contribution is 0.174. The number of guanidine groups is 1. The normalized spacial score (nSPS) is 16.1. The Kier molecular flexibility index (Phi) is 3.88. The zero-order valence-corrected chi connectivity index (χ0v) is 10.4. The van der Waals surface area contributed by atoms with Crippen LogP contribution in [0.25, 0.3) is 0 Å². The van der Waals surface area contributed by atoms with E-state index < -0.39 is 0 Å². The predicted molar refractivity (Wildman–Crippen MR) is 70.8 cm³/mol. The first-order chi connectivity index (χ1) is 8.42. The predicted octanol–water partition coefficient (Wildman–Crippen LogP) is 0.720. The summed E-state index contributed by atoms with van der Waals surface area (Å²) in [4.78, 5) is 4.16. The molecule has 0 fully saturated rings. The molecule has 96 valence electrons. The Bertz CT molecular complexity index is 490. The minimum atomic E-state index is 0.